The number of aliphatic imine (C=N–C) groups is 1. The van der Waals surface area contributed by atoms with Gasteiger partial charge in [-0.3, -0.25) is 4.99 Å². The molecule has 0 aromatic carbocycles. The first-order valence-electron chi connectivity index (χ1n) is 3.75. The highest BCUT2D eigenvalue weighted by molar-refractivity contribution is 5.63. The fourth-order valence-electron chi connectivity index (χ4n) is 1.42. The lowest BCUT2D eigenvalue weighted by Crippen LogP contribution is -2.64. The summed E-state index contributed by atoms with van der Waals surface area (Å²) < 4.78 is 0. The first-order chi connectivity index (χ1) is 4.97. The molecule has 0 aromatic rings. The van der Waals surface area contributed by atoms with Crippen LogP contribution in [0.5, 0.6) is 0 Å². The Hall–Kier alpha value is -0.920. The van der Waals surface area contributed by atoms with Gasteiger partial charge in [0.2, 0.25) is 0 Å². The zero-order chi connectivity index (χ0) is 6.81. The fraction of sp³-hybridized carbons (Fsp3) is 0.500. The van der Waals surface area contributed by atoms with Gasteiger partial charge in [0.15, 0.2) is 6.20 Å². The van der Waals surface area contributed by atoms with Crippen molar-refractivity contribution in [2.75, 3.05) is 0 Å². The number of hydrogen-bond acceptors (Lipinski definition) is 1. The van der Waals surface area contributed by atoms with Crippen LogP contribution in [0.3, 0.4) is 0 Å². The van der Waals surface area contributed by atoms with Crippen LogP contribution in [0.15, 0.2) is 16.8 Å². The van der Waals surface area contributed by atoms with E-state index in [1.807, 2.05) is 6.21 Å². The molecule has 0 spiro atoms. The molecule has 1 N–H and O–H groups in total. The summed E-state index contributed by atoms with van der Waals surface area (Å²) in [5.74, 6) is 0. The van der Waals surface area contributed by atoms with Gasteiger partial charge in [-0.2, -0.15) is 0 Å². The molecule has 2 aliphatic heterocycles. The van der Waals surface area contributed by atoms with Gasteiger partial charge < -0.3 is 0 Å². The number of hydrogen-bond donors (Lipinski definition) is 1. The number of fused-ring (bicyclic) bond motifs is 1. The van der Waals surface area contributed by atoms with Gasteiger partial charge in [-0.05, 0) is 19.1 Å². The van der Waals surface area contributed by atoms with Crippen LogP contribution < -0.4 is 4.99 Å². The van der Waals surface area contributed by atoms with Gasteiger partial charge in [0.1, 0.15) is 6.21 Å². The minimum atomic E-state index is 0.468. The average Bonchev–Trinajstić information content (AvgIpc) is 2.05. The van der Waals surface area contributed by atoms with Crippen molar-refractivity contribution >= 4 is 12.4 Å². The second kappa shape index (κ2) is 2.37. The molecule has 0 fully saturated rings. The molecule has 2 rings (SSSR count). The first-order valence-corrected chi connectivity index (χ1v) is 3.75. The lowest BCUT2D eigenvalue weighted by Gasteiger charge is -2.16. The van der Waals surface area contributed by atoms with Crippen LogP contribution in [-0.2, 0) is 0 Å². The quantitative estimate of drug-likeness (QED) is 0.470. The maximum atomic E-state index is 4.39. The van der Waals surface area contributed by atoms with Gasteiger partial charge in [-0.15, -0.1) is 0 Å². The molecule has 0 aliphatic carbocycles. The molecule has 1 atom stereocenters. The molecule has 0 saturated carbocycles. The van der Waals surface area contributed by atoms with E-state index in [0.717, 1.165) is 12.8 Å². The Labute approximate surface area is 60.4 Å². The van der Waals surface area contributed by atoms with E-state index in [1.54, 1.807) is 0 Å². The second-order valence-electron chi connectivity index (χ2n) is 2.71. The Morgan fingerprint density at radius 2 is 2.60 bits per heavy atom. The normalized spacial score (nSPS) is 29.6. The van der Waals surface area contributed by atoms with E-state index in [9.17, 15) is 0 Å². The maximum Gasteiger partial charge on any atom is 0.168 e. The molecule has 1 unspecified atom stereocenters. The Morgan fingerprint density at radius 3 is 3.50 bits per heavy atom. The van der Waals surface area contributed by atoms with Gasteiger partial charge in [-0.1, -0.05) is 0 Å². The monoisotopic (exact) mass is 135 g/mol. The lowest BCUT2D eigenvalue weighted by molar-refractivity contribution is -0.372. The molecular weight excluding hydrogens is 124 g/mol. The van der Waals surface area contributed by atoms with Crippen molar-refractivity contribution in [1.82, 2.24) is 0 Å². The van der Waals surface area contributed by atoms with E-state index >= 15 is 0 Å². The van der Waals surface area contributed by atoms with Crippen LogP contribution >= 0.6 is 0 Å². The lowest BCUT2D eigenvalue weighted by atomic mass is 9.97. The molecule has 10 heavy (non-hydrogen) atoms. The van der Waals surface area contributed by atoms with Crippen LogP contribution in [0.25, 0.3) is 0 Å². The highest BCUT2D eigenvalue weighted by Gasteiger charge is 2.19. The standard InChI is InChI=1S/C8H10N2/c1-2-7-6-9-5-3-8(7)10-4-1/h4-6,8H,1-3H2/p+1. The molecule has 0 saturated heterocycles. The SMILES string of the molecule is C1=NC2CC=[NH+]C=C2CC1. The van der Waals surface area contributed by atoms with Gasteiger partial charge in [0.05, 0.1) is 12.5 Å². The van der Waals surface area contributed by atoms with Crippen LogP contribution in [0.1, 0.15) is 19.3 Å². The van der Waals surface area contributed by atoms with E-state index in [-0.39, 0.29) is 0 Å². The molecule has 2 heterocycles. The molecule has 52 valence electrons. The van der Waals surface area contributed by atoms with Crippen LogP contribution in [0, 0.1) is 0 Å². The van der Waals surface area contributed by atoms with E-state index in [2.05, 4.69) is 22.4 Å². The van der Waals surface area contributed by atoms with E-state index in [1.165, 1.54) is 12.0 Å². The zero-order valence-electron chi connectivity index (χ0n) is 5.88. The summed E-state index contributed by atoms with van der Waals surface area (Å²) in [6, 6.07) is 0.468. The maximum absolute atomic E-state index is 4.39. The van der Waals surface area contributed by atoms with Crippen molar-refractivity contribution in [2.24, 2.45) is 4.99 Å². The summed E-state index contributed by atoms with van der Waals surface area (Å²) in [4.78, 5) is 7.51. The zero-order valence-corrected chi connectivity index (χ0v) is 5.88. The summed E-state index contributed by atoms with van der Waals surface area (Å²) in [5.41, 5.74) is 1.46. The minimum Gasteiger partial charge on any atom is -0.289 e. The predicted octanol–water partition coefficient (Wildman–Crippen LogP) is -0.341. The second-order valence-corrected chi connectivity index (χ2v) is 2.71. The van der Waals surface area contributed by atoms with Gasteiger partial charge >= 0.3 is 0 Å². The van der Waals surface area contributed by atoms with Crippen molar-refractivity contribution in [3.05, 3.63) is 11.8 Å². The summed E-state index contributed by atoms with van der Waals surface area (Å²) >= 11 is 0. The molecule has 0 amide bonds. The molecule has 0 bridgehead atoms. The predicted molar refractivity (Wildman–Crippen MR) is 41.2 cm³/mol. The van der Waals surface area contributed by atoms with Crippen molar-refractivity contribution in [3.63, 3.8) is 0 Å². The van der Waals surface area contributed by atoms with Crippen molar-refractivity contribution in [3.8, 4) is 0 Å². The molecule has 0 aromatic heterocycles. The van der Waals surface area contributed by atoms with Crippen LogP contribution in [-0.4, -0.2) is 18.5 Å². The smallest absolute Gasteiger partial charge is 0.168 e. The van der Waals surface area contributed by atoms with E-state index in [0.29, 0.717) is 6.04 Å². The Kier molecular flexibility index (Phi) is 1.38. The third-order valence-electron chi connectivity index (χ3n) is 2.00. The highest BCUT2D eigenvalue weighted by Crippen LogP contribution is 2.18. The number of rotatable bonds is 0. The molecular formula is C8H11N2+. The summed E-state index contributed by atoms with van der Waals surface area (Å²) in [7, 11) is 0. The van der Waals surface area contributed by atoms with Gasteiger partial charge in [0.25, 0.3) is 0 Å². The summed E-state index contributed by atoms with van der Waals surface area (Å²) in [6.45, 7) is 0. The minimum absolute atomic E-state index is 0.468. The van der Waals surface area contributed by atoms with Crippen LogP contribution in [0.2, 0.25) is 0 Å². The first kappa shape index (κ1) is 5.83. The average molecular weight is 135 g/mol. The van der Waals surface area contributed by atoms with Crippen molar-refractivity contribution < 1.29 is 4.99 Å². The molecule has 0 radical (unpaired) electrons. The summed E-state index contributed by atoms with van der Waals surface area (Å²) in [5, 5.41) is 0. The Morgan fingerprint density at radius 1 is 1.60 bits per heavy atom. The Bertz CT molecular complexity index is 213. The number of nitrogens with zero attached hydrogens (tertiary/aromatic N) is 1. The molecule has 2 nitrogen and oxygen atoms in total. The van der Waals surface area contributed by atoms with Crippen molar-refractivity contribution in [2.45, 2.75) is 25.3 Å². The Balaban J connectivity index is 2.26. The van der Waals surface area contributed by atoms with Gasteiger partial charge in [-0.25, -0.2) is 4.99 Å². The fourth-order valence-corrected chi connectivity index (χ4v) is 1.42. The largest absolute Gasteiger partial charge is 0.289 e. The summed E-state index contributed by atoms with van der Waals surface area (Å²) in [6.07, 6.45) is 9.56. The van der Waals surface area contributed by atoms with E-state index in [4.69, 9.17) is 0 Å². The molecule has 2 heteroatoms. The highest BCUT2D eigenvalue weighted by atomic mass is 14.8. The third kappa shape index (κ3) is 0.897. The molecule has 2 aliphatic rings. The van der Waals surface area contributed by atoms with Crippen molar-refractivity contribution in [1.29, 1.82) is 0 Å². The number of nitrogens with one attached hydrogen (secondary N) is 1. The van der Waals surface area contributed by atoms with Gasteiger partial charge in [0, 0.05) is 5.57 Å². The van der Waals surface area contributed by atoms with E-state index < -0.39 is 0 Å². The topological polar surface area (TPSA) is 26.3 Å². The van der Waals surface area contributed by atoms with Crippen LogP contribution in [0.4, 0.5) is 0 Å². The third-order valence-corrected chi connectivity index (χ3v) is 2.00.